The molecular weight excluding hydrogens is 228 g/mol. The minimum Gasteiger partial charge on any atom is -0.347 e. The summed E-state index contributed by atoms with van der Waals surface area (Å²) >= 11 is 0. The van der Waals surface area contributed by atoms with Crippen LogP contribution in [0.1, 0.15) is 31.7 Å². The number of hydrogen-bond donors (Lipinski definition) is 2. The number of carbonyl (C=O) groups excluding carboxylic acids is 2. The maximum Gasteiger partial charge on any atom is 0.243 e. The van der Waals surface area contributed by atoms with Crippen LogP contribution in [0, 0.1) is 6.92 Å². The van der Waals surface area contributed by atoms with Crippen LogP contribution in [0.5, 0.6) is 0 Å². The lowest BCUT2D eigenvalue weighted by atomic mass is 10.2. The molecule has 0 aliphatic heterocycles. The van der Waals surface area contributed by atoms with Crippen LogP contribution >= 0.6 is 0 Å². The third-order valence-electron chi connectivity index (χ3n) is 2.54. The molecular formula is C14H20N2O2. The van der Waals surface area contributed by atoms with Crippen molar-refractivity contribution in [1.29, 1.82) is 0 Å². The third-order valence-corrected chi connectivity index (χ3v) is 2.54. The van der Waals surface area contributed by atoms with Gasteiger partial charge >= 0.3 is 0 Å². The summed E-state index contributed by atoms with van der Waals surface area (Å²) in [5.74, 6) is -0.278. The van der Waals surface area contributed by atoms with Crippen molar-refractivity contribution < 1.29 is 9.59 Å². The average Bonchev–Trinajstić information content (AvgIpc) is 2.36. The van der Waals surface area contributed by atoms with Crippen LogP contribution < -0.4 is 10.6 Å². The first-order valence-corrected chi connectivity index (χ1v) is 6.25. The largest absolute Gasteiger partial charge is 0.347 e. The molecule has 1 aromatic rings. The van der Waals surface area contributed by atoms with Gasteiger partial charge in [-0.2, -0.15) is 0 Å². The summed E-state index contributed by atoms with van der Waals surface area (Å²) in [6.07, 6.45) is 2.31. The molecule has 0 aliphatic rings. The van der Waals surface area contributed by atoms with Crippen molar-refractivity contribution in [3.63, 3.8) is 0 Å². The normalized spacial score (nSPS) is 9.89. The van der Waals surface area contributed by atoms with Gasteiger partial charge in [0.2, 0.25) is 11.8 Å². The van der Waals surface area contributed by atoms with Crippen molar-refractivity contribution in [2.75, 3.05) is 11.9 Å². The van der Waals surface area contributed by atoms with E-state index in [4.69, 9.17) is 0 Å². The number of unbranched alkanes of at least 4 members (excludes halogenated alkanes) is 1. The Hall–Kier alpha value is -1.84. The minimum absolute atomic E-state index is 0.0242. The Kier molecular flexibility index (Phi) is 5.91. The van der Waals surface area contributed by atoms with Gasteiger partial charge < -0.3 is 10.6 Å². The zero-order valence-corrected chi connectivity index (χ0v) is 11.0. The van der Waals surface area contributed by atoms with E-state index in [0.29, 0.717) is 6.42 Å². The quantitative estimate of drug-likeness (QED) is 0.811. The predicted molar refractivity (Wildman–Crippen MR) is 72.3 cm³/mol. The lowest BCUT2D eigenvalue weighted by Gasteiger charge is -2.07. The number of rotatable bonds is 6. The van der Waals surface area contributed by atoms with Crippen molar-refractivity contribution in [2.45, 2.75) is 33.1 Å². The average molecular weight is 248 g/mol. The monoisotopic (exact) mass is 248 g/mol. The molecule has 0 spiro atoms. The Balaban J connectivity index is 2.29. The van der Waals surface area contributed by atoms with Gasteiger partial charge in [0.05, 0.1) is 6.54 Å². The minimum atomic E-state index is -0.205. The van der Waals surface area contributed by atoms with Crippen LogP contribution in [0.3, 0.4) is 0 Å². The number of carbonyl (C=O) groups is 2. The molecule has 0 saturated heterocycles. The highest BCUT2D eigenvalue weighted by Gasteiger charge is 2.05. The second-order valence-electron chi connectivity index (χ2n) is 4.29. The second-order valence-corrected chi connectivity index (χ2v) is 4.29. The Morgan fingerprint density at radius 1 is 1.11 bits per heavy atom. The standard InChI is InChI=1S/C14H20N2O2/c1-3-4-5-13(17)15-10-14(18)16-12-8-6-11(2)7-9-12/h6-9H,3-5,10H2,1-2H3,(H,15,17)(H,16,18). The maximum absolute atomic E-state index is 11.5. The highest BCUT2D eigenvalue weighted by atomic mass is 16.2. The van der Waals surface area contributed by atoms with Gasteiger partial charge in [-0.25, -0.2) is 0 Å². The predicted octanol–water partition coefficient (Wildman–Crippen LogP) is 2.24. The van der Waals surface area contributed by atoms with E-state index in [-0.39, 0.29) is 18.4 Å². The summed E-state index contributed by atoms with van der Waals surface area (Å²) < 4.78 is 0. The van der Waals surface area contributed by atoms with Crippen molar-refractivity contribution in [2.24, 2.45) is 0 Å². The highest BCUT2D eigenvalue weighted by Crippen LogP contribution is 2.07. The molecule has 0 aliphatic carbocycles. The van der Waals surface area contributed by atoms with Gasteiger partial charge in [-0.05, 0) is 25.5 Å². The van der Waals surface area contributed by atoms with Gasteiger partial charge in [0.15, 0.2) is 0 Å². The molecule has 0 saturated carbocycles. The van der Waals surface area contributed by atoms with E-state index in [2.05, 4.69) is 10.6 Å². The number of hydrogen-bond acceptors (Lipinski definition) is 2. The molecule has 0 aromatic heterocycles. The number of aryl methyl sites for hydroxylation is 1. The van der Waals surface area contributed by atoms with Gasteiger partial charge in [-0.3, -0.25) is 9.59 Å². The van der Waals surface area contributed by atoms with E-state index < -0.39 is 0 Å². The first-order valence-electron chi connectivity index (χ1n) is 6.25. The first kappa shape index (κ1) is 14.2. The molecule has 0 radical (unpaired) electrons. The van der Waals surface area contributed by atoms with Crippen LogP contribution in [-0.4, -0.2) is 18.4 Å². The van der Waals surface area contributed by atoms with E-state index in [9.17, 15) is 9.59 Å². The lowest BCUT2D eigenvalue weighted by Crippen LogP contribution is -2.32. The van der Waals surface area contributed by atoms with Gasteiger partial charge in [0.25, 0.3) is 0 Å². The molecule has 18 heavy (non-hydrogen) atoms. The number of nitrogens with one attached hydrogen (secondary N) is 2. The number of benzene rings is 1. The van der Waals surface area contributed by atoms with E-state index >= 15 is 0 Å². The Morgan fingerprint density at radius 3 is 2.39 bits per heavy atom. The Bertz CT molecular complexity index is 399. The summed E-state index contributed by atoms with van der Waals surface area (Å²) in [6, 6.07) is 7.53. The van der Waals surface area contributed by atoms with Gasteiger partial charge in [-0.15, -0.1) is 0 Å². The molecule has 1 aromatic carbocycles. The molecule has 1 rings (SSSR count). The lowest BCUT2D eigenvalue weighted by molar-refractivity contribution is -0.124. The fourth-order valence-electron chi connectivity index (χ4n) is 1.45. The highest BCUT2D eigenvalue weighted by molar-refractivity contribution is 5.94. The van der Waals surface area contributed by atoms with Crippen LogP contribution in [-0.2, 0) is 9.59 Å². The van der Waals surface area contributed by atoms with Crippen LogP contribution in [0.2, 0.25) is 0 Å². The van der Waals surface area contributed by atoms with E-state index in [1.807, 2.05) is 38.1 Å². The molecule has 0 fully saturated rings. The number of anilines is 1. The molecule has 98 valence electrons. The molecule has 0 heterocycles. The SMILES string of the molecule is CCCCC(=O)NCC(=O)Nc1ccc(C)cc1. The third kappa shape index (κ3) is 5.48. The summed E-state index contributed by atoms with van der Waals surface area (Å²) in [5, 5.41) is 5.32. The molecule has 0 unspecified atom stereocenters. The summed E-state index contributed by atoms with van der Waals surface area (Å²) in [4.78, 5) is 22.9. The van der Waals surface area contributed by atoms with E-state index in [1.54, 1.807) is 0 Å². The zero-order valence-electron chi connectivity index (χ0n) is 11.0. The van der Waals surface area contributed by atoms with E-state index in [0.717, 1.165) is 24.1 Å². The molecule has 2 amide bonds. The van der Waals surface area contributed by atoms with Crippen molar-refractivity contribution in [1.82, 2.24) is 5.32 Å². The summed E-state index contributed by atoms with van der Waals surface area (Å²) in [5.41, 5.74) is 1.88. The fourth-order valence-corrected chi connectivity index (χ4v) is 1.45. The Morgan fingerprint density at radius 2 is 1.78 bits per heavy atom. The van der Waals surface area contributed by atoms with Gasteiger partial charge in [0, 0.05) is 12.1 Å². The maximum atomic E-state index is 11.5. The second kappa shape index (κ2) is 7.48. The molecule has 4 nitrogen and oxygen atoms in total. The zero-order chi connectivity index (χ0) is 13.4. The van der Waals surface area contributed by atoms with Crippen molar-refractivity contribution in [3.05, 3.63) is 29.8 Å². The van der Waals surface area contributed by atoms with Crippen LogP contribution in [0.4, 0.5) is 5.69 Å². The van der Waals surface area contributed by atoms with Gasteiger partial charge in [-0.1, -0.05) is 31.0 Å². The summed E-state index contributed by atoms with van der Waals surface area (Å²) in [7, 11) is 0. The first-order chi connectivity index (χ1) is 8.61. The Labute approximate surface area is 108 Å². The topological polar surface area (TPSA) is 58.2 Å². The molecule has 0 atom stereocenters. The van der Waals surface area contributed by atoms with Crippen molar-refractivity contribution in [3.8, 4) is 0 Å². The van der Waals surface area contributed by atoms with Crippen molar-refractivity contribution >= 4 is 17.5 Å². The summed E-state index contributed by atoms with van der Waals surface area (Å²) in [6.45, 7) is 4.04. The number of amides is 2. The smallest absolute Gasteiger partial charge is 0.243 e. The van der Waals surface area contributed by atoms with Gasteiger partial charge in [0.1, 0.15) is 0 Å². The van der Waals surface area contributed by atoms with Crippen LogP contribution in [0.15, 0.2) is 24.3 Å². The van der Waals surface area contributed by atoms with Crippen LogP contribution in [0.25, 0.3) is 0 Å². The molecule has 0 bridgehead atoms. The van der Waals surface area contributed by atoms with E-state index in [1.165, 1.54) is 0 Å². The fraction of sp³-hybridized carbons (Fsp3) is 0.429. The molecule has 2 N–H and O–H groups in total. The molecule has 4 heteroatoms.